The lowest BCUT2D eigenvalue weighted by molar-refractivity contribution is 0.0697. The number of rotatable bonds is 9. The van der Waals surface area contributed by atoms with E-state index in [-0.39, 0.29) is 5.56 Å². The van der Waals surface area contributed by atoms with Crippen molar-refractivity contribution < 1.29 is 19.4 Å². The van der Waals surface area contributed by atoms with Crippen molar-refractivity contribution in [2.75, 3.05) is 7.11 Å². The average molecular weight is 425 g/mol. The van der Waals surface area contributed by atoms with Crippen LogP contribution in [0.1, 0.15) is 32.6 Å². The maximum atomic E-state index is 11.1. The Morgan fingerprint density at radius 3 is 2.38 bits per heavy atom. The van der Waals surface area contributed by atoms with E-state index in [1.54, 1.807) is 31.4 Å². The standard InChI is InChI=1S/C27H23NO4/c1-3-7-23-14-20(15-24(17-28)21-10-12-22(13-11-21)27(29)30)16-25(31-2)26(23)32-18-19-8-5-4-6-9-19/h3-6,8-16H,1,7,18H2,2H3,(H,29,30). The number of hydrogen-bond acceptors (Lipinski definition) is 4. The predicted octanol–water partition coefficient (Wildman–Crippen LogP) is 5.77. The molecule has 0 saturated carbocycles. The number of aromatic carboxylic acids is 1. The molecule has 0 bridgehead atoms. The van der Waals surface area contributed by atoms with Gasteiger partial charge in [0.15, 0.2) is 11.5 Å². The third kappa shape index (κ3) is 5.44. The van der Waals surface area contributed by atoms with Crippen molar-refractivity contribution in [1.29, 1.82) is 5.26 Å². The monoisotopic (exact) mass is 425 g/mol. The van der Waals surface area contributed by atoms with Crippen LogP contribution >= 0.6 is 0 Å². The summed E-state index contributed by atoms with van der Waals surface area (Å²) in [6.07, 6.45) is 4.09. The molecule has 3 aromatic rings. The molecule has 0 amide bonds. The van der Waals surface area contributed by atoms with Crippen LogP contribution in [0.2, 0.25) is 0 Å². The summed E-state index contributed by atoms with van der Waals surface area (Å²) >= 11 is 0. The maximum Gasteiger partial charge on any atom is 0.335 e. The fourth-order valence-electron chi connectivity index (χ4n) is 3.26. The van der Waals surface area contributed by atoms with Gasteiger partial charge in [-0.25, -0.2) is 4.79 Å². The summed E-state index contributed by atoms with van der Waals surface area (Å²) in [7, 11) is 1.58. The van der Waals surface area contributed by atoms with Gasteiger partial charge in [0.1, 0.15) is 6.61 Å². The van der Waals surface area contributed by atoms with E-state index in [4.69, 9.17) is 14.6 Å². The molecule has 0 saturated heterocycles. The largest absolute Gasteiger partial charge is 0.493 e. The lowest BCUT2D eigenvalue weighted by atomic mass is 10.00. The van der Waals surface area contributed by atoms with Crippen molar-refractivity contribution >= 4 is 17.6 Å². The van der Waals surface area contributed by atoms with Crippen molar-refractivity contribution in [2.45, 2.75) is 13.0 Å². The Balaban J connectivity index is 1.97. The van der Waals surface area contributed by atoms with Crippen molar-refractivity contribution in [3.05, 3.63) is 107 Å². The van der Waals surface area contributed by atoms with Gasteiger partial charge in [-0.05, 0) is 53.5 Å². The molecule has 1 N–H and O–H groups in total. The first-order valence-electron chi connectivity index (χ1n) is 9.99. The summed E-state index contributed by atoms with van der Waals surface area (Å²) in [6, 6.07) is 22.0. The maximum absolute atomic E-state index is 11.1. The lowest BCUT2D eigenvalue weighted by Gasteiger charge is -2.16. The second kappa shape index (κ2) is 10.6. The zero-order valence-electron chi connectivity index (χ0n) is 17.7. The van der Waals surface area contributed by atoms with Gasteiger partial charge in [-0.15, -0.1) is 6.58 Å². The number of carboxylic acid groups (broad SMARTS) is 1. The molecule has 3 rings (SSSR count). The van der Waals surface area contributed by atoms with Gasteiger partial charge in [0.25, 0.3) is 0 Å². The highest BCUT2D eigenvalue weighted by Gasteiger charge is 2.14. The molecule has 0 unspecified atom stereocenters. The summed E-state index contributed by atoms with van der Waals surface area (Å²) in [5.74, 6) is 0.187. The number of ether oxygens (including phenoxy) is 2. The minimum atomic E-state index is -1.01. The zero-order valence-corrected chi connectivity index (χ0v) is 17.7. The van der Waals surface area contributed by atoms with Crippen molar-refractivity contribution in [3.63, 3.8) is 0 Å². The Labute approximate surface area is 187 Å². The van der Waals surface area contributed by atoms with Gasteiger partial charge in [0, 0.05) is 5.56 Å². The minimum absolute atomic E-state index is 0.167. The van der Waals surface area contributed by atoms with Gasteiger partial charge in [-0.1, -0.05) is 48.5 Å². The Kier molecular flexibility index (Phi) is 7.45. The first-order chi connectivity index (χ1) is 15.5. The number of allylic oxidation sites excluding steroid dienone is 2. The van der Waals surface area contributed by atoms with Crippen molar-refractivity contribution in [3.8, 4) is 17.6 Å². The van der Waals surface area contributed by atoms with Crippen LogP contribution in [0.4, 0.5) is 0 Å². The summed E-state index contributed by atoms with van der Waals surface area (Å²) in [5.41, 5.74) is 3.91. The molecule has 0 atom stereocenters. The second-order valence-electron chi connectivity index (χ2n) is 7.03. The van der Waals surface area contributed by atoms with E-state index in [0.717, 1.165) is 16.7 Å². The third-order valence-electron chi connectivity index (χ3n) is 4.84. The van der Waals surface area contributed by atoms with Crippen LogP contribution in [-0.4, -0.2) is 18.2 Å². The number of hydrogen-bond donors (Lipinski definition) is 1. The molecule has 5 nitrogen and oxygen atoms in total. The summed E-state index contributed by atoms with van der Waals surface area (Å²) < 4.78 is 11.7. The molecule has 5 heteroatoms. The second-order valence-corrected chi connectivity index (χ2v) is 7.03. The molecule has 32 heavy (non-hydrogen) atoms. The molecule has 0 aliphatic heterocycles. The Morgan fingerprint density at radius 1 is 1.09 bits per heavy atom. The number of benzene rings is 3. The summed E-state index contributed by atoms with van der Waals surface area (Å²) in [5, 5.41) is 18.8. The van der Waals surface area contributed by atoms with E-state index >= 15 is 0 Å². The molecule has 3 aromatic carbocycles. The molecule has 0 radical (unpaired) electrons. The third-order valence-corrected chi connectivity index (χ3v) is 4.84. The fraction of sp³-hybridized carbons (Fsp3) is 0.111. The van der Waals surface area contributed by atoms with Crippen molar-refractivity contribution in [2.24, 2.45) is 0 Å². The Bertz CT molecular complexity index is 1170. The van der Waals surface area contributed by atoms with Crippen LogP contribution in [0.3, 0.4) is 0 Å². The van der Waals surface area contributed by atoms with E-state index in [1.807, 2.05) is 42.5 Å². The van der Waals surface area contributed by atoms with Gasteiger partial charge in [0.2, 0.25) is 0 Å². The molecule has 0 heterocycles. The Hall–Kier alpha value is -4.30. The first kappa shape index (κ1) is 22.4. The highest BCUT2D eigenvalue weighted by molar-refractivity contribution is 5.92. The van der Waals surface area contributed by atoms with E-state index in [2.05, 4.69) is 12.6 Å². The lowest BCUT2D eigenvalue weighted by Crippen LogP contribution is -2.01. The first-order valence-corrected chi connectivity index (χ1v) is 9.99. The number of carboxylic acids is 1. The predicted molar refractivity (Wildman–Crippen MR) is 125 cm³/mol. The highest BCUT2D eigenvalue weighted by atomic mass is 16.5. The molecule has 0 aliphatic rings. The van der Waals surface area contributed by atoms with Crippen LogP contribution in [0.25, 0.3) is 11.6 Å². The van der Waals surface area contributed by atoms with Crippen LogP contribution in [-0.2, 0) is 13.0 Å². The smallest absolute Gasteiger partial charge is 0.335 e. The van der Waals surface area contributed by atoms with Crippen LogP contribution in [0.15, 0.2) is 79.4 Å². The molecule has 0 fully saturated rings. The normalized spacial score (nSPS) is 10.8. The molecule has 0 aromatic heterocycles. The van der Waals surface area contributed by atoms with Gasteiger partial charge in [0.05, 0.1) is 24.3 Å². The van der Waals surface area contributed by atoms with E-state index in [0.29, 0.717) is 35.7 Å². The number of methoxy groups -OCH3 is 1. The average Bonchev–Trinajstić information content (AvgIpc) is 2.82. The van der Waals surface area contributed by atoms with Gasteiger partial charge >= 0.3 is 5.97 Å². The molecule has 160 valence electrons. The minimum Gasteiger partial charge on any atom is -0.493 e. The van der Waals surface area contributed by atoms with Gasteiger partial charge in [-0.2, -0.15) is 5.26 Å². The number of carbonyl (C=O) groups is 1. The number of nitrogens with zero attached hydrogens (tertiary/aromatic N) is 1. The van der Waals surface area contributed by atoms with Crippen molar-refractivity contribution in [1.82, 2.24) is 0 Å². The van der Waals surface area contributed by atoms with E-state index in [1.165, 1.54) is 12.1 Å². The highest BCUT2D eigenvalue weighted by Crippen LogP contribution is 2.35. The molecule has 0 aliphatic carbocycles. The summed E-state index contributed by atoms with van der Waals surface area (Å²) in [4.78, 5) is 11.1. The molecular formula is C27H23NO4. The van der Waals surface area contributed by atoms with E-state index < -0.39 is 5.97 Å². The quantitative estimate of drug-likeness (QED) is 0.268. The SMILES string of the molecule is C=CCc1cc(C=C(C#N)c2ccc(C(=O)O)cc2)cc(OC)c1OCc1ccccc1. The fourth-order valence-corrected chi connectivity index (χ4v) is 3.26. The molecule has 0 spiro atoms. The van der Waals surface area contributed by atoms with Crippen LogP contribution < -0.4 is 9.47 Å². The zero-order chi connectivity index (χ0) is 22.9. The summed E-state index contributed by atoms with van der Waals surface area (Å²) in [6.45, 7) is 4.23. The van der Waals surface area contributed by atoms with E-state index in [9.17, 15) is 10.1 Å². The van der Waals surface area contributed by atoms with Gasteiger partial charge in [-0.3, -0.25) is 0 Å². The Morgan fingerprint density at radius 2 is 1.78 bits per heavy atom. The van der Waals surface area contributed by atoms with Crippen LogP contribution in [0, 0.1) is 11.3 Å². The van der Waals surface area contributed by atoms with Gasteiger partial charge < -0.3 is 14.6 Å². The topological polar surface area (TPSA) is 79.6 Å². The molecular weight excluding hydrogens is 402 g/mol. The number of nitriles is 1. The van der Waals surface area contributed by atoms with Crippen LogP contribution in [0.5, 0.6) is 11.5 Å².